The number of nitrogens with one attached hydrogen (secondary N) is 1. The second-order valence-corrected chi connectivity index (χ2v) is 8.09. The summed E-state index contributed by atoms with van der Waals surface area (Å²) in [7, 11) is -2.77. The summed E-state index contributed by atoms with van der Waals surface area (Å²) in [4.78, 5) is 0. The van der Waals surface area contributed by atoms with Gasteiger partial charge in [-0.05, 0) is 37.5 Å². The highest BCUT2D eigenvalue weighted by atomic mass is 79.9. The lowest BCUT2D eigenvalue weighted by Crippen LogP contribution is -2.38. The van der Waals surface area contributed by atoms with Gasteiger partial charge >= 0.3 is 0 Å². The summed E-state index contributed by atoms with van der Waals surface area (Å²) in [5, 5.41) is 3.51. The molecule has 0 saturated carbocycles. The highest BCUT2D eigenvalue weighted by Crippen LogP contribution is 2.21. The molecular formula is C13H18BrNO2S. The van der Waals surface area contributed by atoms with Crippen LogP contribution in [0.25, 0.3) is 0 Å². The fourth-order valence-corrected chi connectivity index (χ4v) is 4.19. The topological polar surface area (TPSA) is 46.2 Å². The van der Waals surface area contributed by atoms with E-state index in [2.05, 4.69) is 40.3 Å². The fraction of sp³-hybridized carbons (Fsp3) is 0.538. The van der Waals surface area contributed by atoms with E-state index in [1.807, 2.05) is 12.1 Å². The van der Waals surface area contributed by atoms with Crippen molar-refractivity contribution < 1.29 is 8.42 Å². The van der Waals surface area contributed by atoms with E-state index in [1.54, 1.807) is 0 Å². The molecule has 0 unspecified atom stereocenters. The Morgan fingerprint density at radius 2 is 2.00 bits per heavy atom. The molecule has 0 spiro atoms. The van der Waals surface area contributed by atoms with Crippen LogP contribution in [0, 0.1) is 0 Å². The molecule has 2 rings (SSSR count). The van der Waals surface area contributed by atoms with Crippen molar-refractivity contribution in [2.45, 2.75) is 31.8 Å². The molecule has 100 valence electrons. The lowest BCUT2D eigenvalue weighted by atomic mass is 10.1. The molecule has 1 aliphatic rings. The molecule has 1 aliphatic heterocycles. The Labute approximate surface area is 117 Å². The second kappa shape index (κ2) is 5.72. The maximum Gasteiger partial charge on any atom is 0.150 e. The molecule has 5 heteroatoms. The average molecular weight is 332 g/mol. The van der Waals surface area contributed by atoms with Gasteiger partial charge in [0.25, 0.3) is 0 Å². The Morgan fingerprint density at radius 1 is 1.33 bits per heavy atom. The van der Waals surface area contributed by atoms with Gasteiger partial charge in [0.05, 0.1) is 11.5 Å². The minimum Gasteiger partial charge on any atom is -0.307 e. The molecule has 1 heterocycles. The van der Waals surface area contributed by atoms with Gasteiger partial charge in [-0.1, -0.05) is 28.1 Å². The van der Waals surface area contributed by atoms with Crippen LogP contribution in [0.3, 0.4) is 0 Å². The van der Waals surface area contributed by atoms with E-state index in [0.29, 0.717) is 17.5 Å². The summed E-state index contributed by atoms with van der Waals surface area (Å²) in [5.74, 6) is 0.631. The lowest BCUT2D eigenvalue weighted by Gasteiger charge is -2.27. The standard InChI is InChI=1S/C13H18BrNO2S/c1-10(11-3-2-4-12(14)9-11)15-13-5-7-18(16,17)8-6-13/h2-4,9-10,13,15H,5-8H2,1H3/t10-/m1/s1. The number of rotatable bonds is 3. The molecule has 0 amide bonds. The van der Waals surface area contributed by atoms with E-state index < -0.39 is 9.84 Å². The van der Waals surface area contributed by atoms with Crippen LogP contribution in [-0.4, -0.2) is 26.0 Å². The van der Waals surface area contributed by atoms with E-state index in [0.717, 1.165) is 17.3 Å². The highest BCUT2D eigenvalue weighted by Gasteiger charge is 2.24. The van der Waals surface area contributed by atoms with Gasteiger partial charge in [0.2, 0.25) is 0 Å². The molecule has 0 aromatic heterocycles. The van der Waals surface area contributed by atoms with Gasteiger partial charge in [-0.15, -0.1) is 0 Å². The molecule has 0 aliphatic carbocycles. The van der Waals surface area contributed by atoms with Gasteiger partial charge in [0.1, 0.15) is 9.84 Å². The second-order valence-electron chi connectivity index (χ2n) is 4.87. The van der Waals surface area contributed by atoms with Crippen LogP contribution in [0.5, 0.6) is 0 Å². The van der Waals surface area contributed by atoms with Gasteiger partial charge in [0, 0.05) is 16.6 Å². The molecule has 0 radical (unpaired) electrons. The predicted molar refractivity (Wildman–Crippen MR) is 77.4 cm³/mol. The largest absolute Gasteiger partial charge is 0.307 e. The lowest BCUT2D eigenvalue weighted by molar-refractivity contribution is 0.420. The zero-order valence-corrected chi connectivity index (χ0v) is 12.8. The number of hydrogen-bond donors (Lipinski definition) is 1. The van der Waals surface area contributed by atoms with E-state index in [9.17, 15) is 8.42 Å². The van der Waals surface area contributed by atoms with Gasteiger partial charge in [0.15, 0.2) is 0 Å². The molecule has 1 atom stereocenters. The first-order valence-corrected chi connectivity index (χ1v) is 8.80. The highest BCUT2D eigenvalue weighted by molar-refractivity contribution is 9.10. The monoisotopic (exact) mass is 331 g/mol. The van der Waals surface area contributed by atoms with E-state index >= 15 is 0 Å². The van der Waals surface area contributed by atoms with Gasteiger partial charge < -0.3 is 5.32 Å². The molecule has 1 saturated heterocycles. The molecule has 18 heavy (non-hydrogen) atoms. The minimum absolute atomic E-state index is 0.244. The van der Waals surface area contributed by atoms with Gasteiger partial charge in [-0.2, -0.15) is 0 Å². The third-order valence-corrected chi connectivity index (χ3v) is 5.60. The van der Waals surface area contributed by atoms with E-state index in [1.165, 1.54) is 5.56 Å². The molecule has 1 aromatic rings. The van der Waals surface area contributed by atoms with E-state index in [-0.39, 0.29) is 6.04 Å². The zero-order chi connectivity index (χ0) is 13.2. The first-order valence-electron chi connectivity index (χ1n) is 6.18. The minimum atomic E-state index is -2.77. The van der Waals surface area contributed by atoms with Crippen LogP contribution >= 0.6 is 15.9 Å². The maximum absolute atomic E-state index is 11.4. The Bertz CT molecular complexity index is 501. The van der Waals surface area contributed by atoms with Crippen LogP contribution in [0.2, 0.25) is 0 Å². The summed E-state index contributed by atoms with van der Waals surface area (Å²) in [6.07, 6.45) is 1.45. The van der Waals surface area contributed by atoms with Crippen molar-refractivity contribution in [1.82, 2.24) is 5.32 Å². The quantitative estimate of drug-likeness (QED) is 0.926. The predicted octanol–water partition coefficient (Wildman–Crippen LogP) is 2.68. The summed E-state index contributed by atoms with van der Waals surface area (Å²) >= 11 is 3.46. The Balaban J connectivity index is 1.94. The number of sulfone groups is 1. The third kappa shape index (κ3) is 3.80. The molecule has 1 aromatic carbocycles. The molecule has 3 nitrogen and oxygen atoms in total. The Morgan fingerprint density at radius 3 is 2.61 bits per heavy atom. The maximum atomic E-state index is 11.4. The van der Waals surface area contributed by atoms with Gasteiger partial charge in [-0.25, -0.2) is 8.42 Å². The summed E-state index contributed by atoms with van der Waals surface area (Å²) in [5.41, 5.74) is 1.22. The number of benzene rings is 1. The van der Waals surface area contributed by atoms with Crippen LogP contribution in [0.1, 0.15) is 31.4 Å². The van der Waals surface area contributed by atoms with Crippen molar-refractivity contribution in [1.29, 1.82) is 0 Å². The molecular weight excluding hydrogens is 314 g/mol. The number of hydrogen-bond acceptors (Lipinski definition) is 3. The van der Waals surface area contributed by atoms with Crippen molar-refractivity contribution in [2.24, 2.45) is 0 Å². The summed E-state index contributed by atoms with van der Waals surface area (Å²) < 4.78 is 23.8. The zero-order valence-electron chi connectivity index (χ0n) is 10.4. The molecule has 0 bridgehead atoms. The van der Waals surface area contributed by atoms with Crippen molar-refractivity contribution in [2.75, 3.05) is 11.5 Å². The normalized spacial score (nSPS) is 21.7. The van der Waals surface area contributed by atoms with Crippen molar-refractivity contribution in [3.63, 3.8) is 0 Å². The van der Waals surface area contributed by atoms with Crippen LogP contribution in [0.15, 0.2) is 28.7 Å². The average Bonchev–Trinajstić information content (AvgIpc) is 2.32. The Kier molecular flexibility index (Phi) is 4.45. The summed E-state index contributed by atoms with van der Waals surface area (Å²) in [6.45, 7) is 2.12. The number of halogens is 1. The fourth-order valence-electron chi connectivity index (χ4n) is 2.28. The van der Waals surface area contributed by atoms with E-state index in [4.69, 9.17) is 0 Å². The third-order valence-electron chi connectivity index (χ3n) is 3.39. The van der Waals surface area contributed by atoms with Crippen molar-refractivity contribution in [3.8, 4) is 0 Å². The molecule has 1 N–H and O–H groups in total. The first kappa shape index (κ1) is 14.0. The van der Waals surface area contributed by atoms with Crippen LogP contribution in [-0.2, 0) is 9.84 Å². The Hall–Kier alpha value is -0.390. The van der Waals surface area contributed by atoms with Crippen molar-refractivity contribution >= 4 is 25.8 Å². The SMILES string of the molecule is C[C@@H](NC1CCS(=O)(=O)CC1)c1cccc(Br)c1. The first-order chi connectivity index (χ1) is 8.46. The summed E-state index contributed by atoms with van der Waals surface area (Å²) in [6, 6.07) is 8.75. The van der Waals surface area contributed by atoms with Crippen LogP contribution < -0.4 is 5.32 Å². The van der Waals surface area contributed by atoms with Crippen LogP contribution in [0.4, 0.5) is 0 Å². The smallest absolute Gasteiger partial charge is 0.150 e. The van der Waals surface area contributed by atoms with Crippen molar-refractivity contribution in [3.05, 3.63) is 34.3 Å². The van der Waals surface area contributed by atoms with Gasteiger partial charge in [-0.3, -0.25) is 0 Å². The molecule has 1 fully saturated rings.